The number of hydrogen-bond donors (Lipinski definition) is 0. The smallest absolute Gasteiger partial charge is 0.319 e. The Morgan fingerprint density at radius 3 is 2.80 bits per heavy atom. The van der Waals surface area contributed by atoms with Crippen LogP contribution in [0.3, 0.4) is 0 Å². The first-order valence-corrected chi connectivity index (χ1v) is 8.74. The summed E-state index contributed by atoms with van der Waals surface area (Å²) in [6, 6.07) is 5.83. The molecule has 0 N–H and O–H groups in total. The van der Waals surface area contributed by atoms with Gasteiger partial charge in [0.25, 0.3) is 5.91 Å². The number of nitrogens with zero attached hydrogens (tertiary/aromatic N) is 5. The van der Waals surface area contributed by atoms with Gasteiger partial charge in [0.15, 0.2) is 0 Å². The van der Waals surface area contributed by atoms with Crippen molar-refractivity contribution in [2.45, 2.75) is 18.9 Å². The highest BCUT2D eigenvalue weighted by molar-refractivity contribution is 6.00. The first kappa shape index (κ1) is 15.9. The maximum atomic E-state index is 13.2. The predicted octanol–water partition coefficient (Wildman–Crippen LogP) is 1.55. The van der Waals surface area contributed by atoms with Crippen molar-refractivity contribution in [2.75, 3.05) is 33.7 Å². The minimum Gasteiger partial charge on any atom is -0.333 e. The molecule has 2 unspecified atom stereocenters. The molecule has 5 rings (SSSR count). The lowest BCUT2D eigenvalue weighted by atomic mass is 9.94. The van der Waals surface area contributed by atoms with Gasteiger partial charge < -0.3 is 14.7 Å². The molecule has 0 spiro atoms. The largest absolute Gasteiger partial charge is 0.333 e. The van der Waals surface area contributed by atoms with Crippen LogP contribution in [0.25, 0.3) is 5.52 Å². The molecule has 0 saturated carbocycles. The molecule has 3 fully saturated rings. The number of urea groups is 1. The molecule has 7 nitrogen and oxygen atoms in total. The van der Waals surface area contributed by atoms with Crippen molar-refractivity contribution in [1.29, 1.82) is 0 Å². The van der Waals surface area contributed by atoms with E-state index in [1.165, 1.54) is 0 Å². The number of fused-ring (bicyclic) bond motifs is 5. The molecular weight excluding hydrogens is 318 g/mol. The zero-order valence-corrected chi connectivity index (χ0v) is 14.6. The summed E-state index contributed by atoms with van der Waals surface area (Å²) in [5, 5.41) is 4.28. The SMILES string of the molecule is CN(C)C(=O)N1CC2CCC(C1)N(C(=O)c1cnn3ccccc13)C2. The van der Waals surface area contributed by atoms with Crippen LogP contribution in [0.15, 0.2) is 30.6 Å². The van der Waals surface area contributed by atoms with Crippen LogP contribution in [-0.2, 0) is 0 Å². The Kier molecular flexibility index (Phi) is 3.86. The fourth-order valence-corrected chi connectivity index (χ4v) is 4.02. The third-order valence-corrected chi connectivity index (χ3v) is 5.28. The predicted molar refractivity (Wildman–Crippen MR) is 93.4 cm³/mol. The molecule has 3 amide bonds. The second kappa shape index (κ2) is 6.06. The summed E-state index contributed by atoms with van der Waals surface area (Å²) in [5.41, 5.74) is 1.47. The van der Waals surface area contributed by atoms with Gasteiger partial charge in [-0.2, -0.15) is 5.10 Å². The minimum absolute atomic E-state index is 0.0232. The van der Waals surface area contributed by atoms with Gasteiger partial charge in [0, 0.05) is 46.0 Å². The third-order valence-electron chi connectivity index (χ3n) is 5.28. The van der Waals surface area contributed by atoms with Gasteiger partial charge in [-0.15, -0.1) is 0 Å². The number of rotatable bonds is 1. The monoisotopic (exact) mass is 341 g/mol. The fourth-order valence-electron chi connectivity index (χ4n) is 4.02. The topological polar surface area (TPSA) is 61.2 Å². The van der Waals surface area contributed by atoms with E-state index in [-0.39, 0.29) is 18.0 Å². The summed E-state index contributed by atoms with van der Waals surface area (Å²) in [6.45, 7) is 2.05. The van der Waals surface area contributed by atoms with Gasteiger partial charge in [0.05, 0.1) is 17.3 Å². The van der Waals surface area contributed by atoms with Gasteiger partial charge in [0.1, 0.15) is 0 Å². The van der Waals surface area contributed by atoms with Crippen molar-refractivity contribution < 1.29 is 9.59 Å². The van der Waals surface area contributed by atoms with Crippen molar-refractivity contribution >= 4 is 17.5 Å². The first-order valence-electron chi connectivity index (χ1n) is 8.74. The van der Waals surface area contributed by atoms with E-state index in [1.807, 2.05) is 34.2 Å². The maximum absolute atomic E-state index is 13.2. The van der Waals surface area contributed by atoms with Crippen LogP contribution in [0.1, 0.15) is 23.2 Å². The highest BCUT2D eigenvalue weighted by Gasteiger charge is 2.39. The molecule has 3 aliphatic heterocycles. The van der Waals surface area contributed by atoms with Gasteiger partial charge in [-0.1, -0.05) is 6.07 Å². The molecule has 3 aliphatic rings. The summed E-state index contributed by atoms with van der Waals surface area (Å²) in [5.74, 6) is 0.364. The second-order valence-electron chi connectivity index (χ2n) is 7.23. The zero-order chi connectivity index (χ0) is 17.6. The Bertz CT molecular complexity index is 815. The Morgan fingerprint density at radius 1 is 1.16 bits per heavy atom. The van der Waals surface area contributed by atoms with Crippen molar-refractivity contribution in [2.24, 2.45) is 5.92 Å². The van der Waals surface area contributed by atoms with Gasteiger partial charge in [-0.05, 0) is 30.9 Å². The number of carbonyl (C=O) groups excluding carboxylic acids is 2. The molecule has 0 aromatic carbocycles. The Labute approximate surface area is 146 Å². The molecule has 3 saturated heterocycles. The van der Waals surface area contributed by atoms with Crippen LogP contribution >= 0.6 is 0 Å². The maximum Gasteiger partial charge on any atom is 0.319 e. The number of amides is 3. The summed E-state index contributed by atoms with van der Waals surface area (Å²) in [6.07, 6.45) is 5.52. The van der Waals surface area contributed by atoms with Gasteiger partial charge in [0.2, 0.25) is 0 Å². The first-order chi connectivity index (χ1) is 12.0. The van der Waals surface area contributed by atoms with Crippen LogP contribution in [0.4, 0.5) is 4.79 Å². The number of piperidine rings is 1. The second-order valence-corrected chi connectivity index (χ2v) is 7.23. The zero-order valence-electron chi connectivity index (χ0n) is 14.6. The van der Waals surface area contributed by atoms with Crippen LogP contribution in [-0.4, -0.2) is 76.0 Å². The lowest BCUT2D eigenvalue weighted by Crippen LogP contribution is -2.48. The van der Waals surface area contributed by atoms with E-state index in [1.54, 1.807) is 29.7 Å². The number of carbonyl (C=O) groups is 2. The molecule has 25 heavy (non-hydrogen) atoms. The van der Waals surface area contributed by atoms with Crippen molar-refractivity contribution in [3.63, 3.8) is 0 Å². The van der Waals surface area contributed by atoms with Gasteiger partial charge >= 0.3 is 6.03 Å². The molecular formula is C18H23N5O2. The van der Waals surface area contributed by atoms with E-state index >= 15 is 0 Å². The van der Waals surface area contributed by atoms with E-state index in [9.17, 15) is 9.59 Å². The lowest BCUT2D eigenvalue weighted by Gasteiger charge is -2.36. The van der Waals surface area contributed by atoms with Crippen LogP contribution in [0.2, 0.25) is 0 Å². The quantitative estimate of drug-likeness (QED) is 0.791. The molecule has 2 aromatic rings. The van der Waals surface area contributed by atoms with Crippen LogP contribution in [0, 0.1) is 5.92 Å². The Hall–Kier alpha value is -2.57. The molecule has 0 radical (unpaired) electrons. The summed E-state index contributed by atoms with van der Waals surface area (Å²) >= 11 is 0. The molecule has 132 valence electrons. The average Bonchev–Trinajstić information content (AvgIpc) is 2.82. The molecule has 2 atom stereocenters. The fraction of sp³-hybridized carbons (Fsp3) is 0.500. The number of hydrogen-bond acceptors (Lipinski definition) is 3. The van der Waals surface area contributed by atoms with Gasteiger partial charge in [-0.3, -0.25) is 4.79 Å². The van der Waals surface area contributed by atoms with Crippen molar-refractivity contribution in [3.8, 4) is 0 Å². The number of aromatic nitrogens is 2. The van der Waals surface area contributed by atoms with E-state index in [2.05, 4.69) is 5.10 Å². The molecule has 7 heteroatoms. The summed E-state index contributed by atoms with van der Waals surface area (Å²) in [7, 11) is 3.55. The normalized spacial score (nSPS) is 23.0. The van der Waals surface area contributed by atoms with E-state index < -0.39 is 0 Å². The van der Waals surface area contributed by atoms with Crippen LogP contribution < -0.4 is 0 Å². The van der Waals surface area contributed by atoms with Crippen molar-refractivity contribution in [1.82, 2.24) is 24.3 Å². The molecule has 0 aliphatic carbocycles. The van der Waals surface area contributed by atoms with E-state index in [0.29, 0.717) is 24.6 Å². The van der Waals surface area contributed by atoms with Crippen LogP contribution in [0.5, 0.6) is 0 Å². The Morgan fingerprint density at radius 2 is 2.00 bits per heavy atom. The number of pyridine rings is 1. The molecule has 2 aromatic heterocycles. The summed E-state index contributed by atoms with van der Waals surface area (Å²) < 4.78 is 1.73. The van der Waals surface area contributed by atoms with E-state index in [0.717, 1.165) is 24.9 Å². The van der Waals surface area contributed by atoms with E-state index in [4.69, 9.17) is 0 Å². The van der Waals surface area contributed by atoms with Gasteiger partial charge in [-0.25, -0.2) is 9.31 Å². The van der Waals surface area contributed by atoms with Crippen molar-refractivity contribution in [3.05, 3.63) is 36.2 Å². The molecule has 2 bridgehead atoms. The highest BCUT2D eigenvalue weighted by Crippen LogP contribution is 2.30. The standard InChI is InChI=1S/C18H23N5O2/c1-20(2)18(25)21-10-13-6-7-14(12-21)22(11-13)17(24)15-9-19-23-8-4-3-5-16(15)23/h3-5,8-9,13-14H,6-7,10-12H2,1-2H3. The minimum atomic E-state index is 0.0232. The molecule has 5 heterocycles. The average molecular weight is 341 g/mol. The lowest BCUT2D eigenvalue weighted by molar-refractivity contribution is 0.0587. The Balaban J connectivity index is 1.61. The summed E-state index contributed by atoms with van der Waals surface area (Å²) in [4.78, 5) is 31.0. The highest BCUT2D eigenvalue weighted by atomic mass is 16.2. The third kappa shape index (κ3) is 2.73.